The maximum atomic E-state index is 12.8. The van der Waals surface area contributed by atoms with Crippen molar-refractivity contribution in [2.75, 3.05) is 10.6 Å². The van der Waals surface area contributed by atoms with E-state index in [-0.39, 0.29) is 17.6 Å². The van der Waals surface area contributed by atoms with Crippen LogP contribution in [-0.4, -0.2) is 16.8 Å². The number of carbonyl (C=O) groups excluding carboxylic acids is 2. The van der Waals surface area contributed by atoms with Crippen LogP contribution >= 0.6 is 11.3 Å². The summed E-state index contributed by atoms with van der Waals surface area (Å²) < 4.78 is 5.13. The van der Waals surface area contributed by atoms with Gasteiger partial charge in [0.15, 0.2) is 10.9 Å². The lowest BCUT2D eigenvalue weighted by atomic mass is 10.1. The SMILES string of the molecule is Cc1ccc(C(=O)Nc2nc(-c3ccc4c(c3)CCC4)cs2)cc1NC(=O)c1ccco1. The highest BCUT2D eigenvalue weighted by molar-refractivity contribution is 7.14. The van der Waals surface area contributed by atoms with Gasteiger partial charge < -0.3 is 9.73 Å². The van der Waals surface area contributed by atoms with E-state index in [9.17, 15) is 9.59 Å². The van der Waals surface area contributed by atoms with Gasteiger partial charge in [-0.05, 0) is 73.2 Å². The van der Waals surface area contributed by atoms with Crippen molar-refractivity contribution in [3.63, 3.8) is 0 Å². The van der Waals surface area contributed by atoms with Crippen molar-refractivity contribution in [3.8, 4) is 11.3 Å². The number of aromatic nitrogens is 1. The second kappa shape index (κ2) is 8.43. The van der Waals surface area contributed by atoms with Gasteiger partial charge in [-0.15, -0.1) is 11.3 Å². The molecule has 2 heterocycles. The number of rotatable bonds is 5. The van der Waals surface area contributed by atoms with Crippen molar-refractivity contribution in [1.29, 1.82) is 0 Å². The van der Waals surface area contributed by atoms with Crippen molar-refractivity contribution >= 4 is 34.0 Å². The van der Waals surface area contributed by atoms with Crippen molar-refractivity contribution in [3.05, 3.63) is 88.2 Å². The van der Waals surface area contributed by atoms with E-state index in [1.807, 2.05) is 12.3 Å². The number of hydrogen-bond acceptors (Lipinski definition) is 5. The fraction of sp³-hybridized carbons (Fsp3) is 0.160. The molecule has 1 aliphatic rings. The van der Waals surface area contributed by atoms with Crippen molar-refractivity contribution in [2.24, 2.45) is 0 Å². The molecule has 4 aromatic rings. The number of furan rings is 1. The lowest BCUT2D eigenvalue weighted by molar-refractivity contribution is 0.0993. The number of amides is 2. The number of nitrogens with zero attached hydrogens (tertiary/aromatic N) is 1. The van der Waals surface area contributed by atoms with E-state index in [0.717, 1.165) is 29.7 Å². The topological polar surface area (TPSA) is 84.2 Å². The van der Waals surface area contributed by atoms with Crippen molar-refractivity contribution in [1.82, 2.24) is 4.98 Å². The van der Waals surface area contributed by atoms with Gasteiger partial charge in [0.1, 0.15) is 0 Å². The van der Waals surface area contributed by atoms with Gasteiger partial charge in [0.05, 0.1) is 12.0 Å². The molecule has 2 amide bonds. The summed E-state index contributed by atoms with van der Waals surface area (Å²) in [4.78, 5) is 29.7. The van der Waals surface area contributed by atoms with Crippen LogP contribution in [0.2, 0.25) is 0 Å². The first-order valence-electron chi connectivity index (χ1n) is 10.4. The minimum atomic E-state index is -0.366. The van der Waals surface area contributed by atoms with E-state index in [0.29, 0.717) is 16.4 Å². The molecule has 0 unspecified atom stereocenters. The summed E-state index contributed by atoms with van der Waals surface area (Å²) in [5.74, 6) is -0.441. The van der Waals surface area contributed by atoms with E-state index in [1.165, 1.54) is 35.1 Å². The van der Waals surface area contributed by atoms with Gasteiger partial charge >= 0.3 is 0 Å². The van der Waals surface area contributed by atoms with Gasteiger partial charge in [-0.25, -0.2) is 4.98 Å². The number of fused-ring (bicyclic) bond motifs is 1. The summed E-state index contributed by atoms with van der Waals surface area (Å²) in [5, 5.41) is 8.15. The Labute approximate surface area is 189 Å². The Morgan fingerprint density at radius 1 is 1.00 bits per heavy atom. The zero-order chi connectivity index (χ0) is 22.1. The monoisotopic (exact) mass is 443 g/mol. The van der Waals surface area contributed by atoms with Gasteiger partial charge in [-0.3, -0.25) is 14.9 Å². The van der Waals surface area contributed by atoms with E-state index in [4.69, 9.17) is 4.42 Å². The molecule has 1 aliphatic carbocycles. The minimum Gasteiger partial charge on any atom is -0.459 e. The van der Waals surface area contributed by atoms with E-state index in [2.05, 4.69) is 33.8 Å². The maximum Gasteiger partial charge on any atom is 0.291 e. The summed E-state index contributed by atoms with van der Waals surface area (Å²) in [6.45, 7) is 1.86. The largest absolute Gasteiger partial charge is 0.459 e. The van der Waals surface area contributed by atoms with Crippen LogP contribution < -0.4 is 10.6 Å². The van der Waals surface area contributed by atoms with Gasteiger partial charge in [0.2, 0.25) is 0 Å². The number of nitrogens with one attached hydrogen (secondary N) is 2. The van der Waals surface area contributed by atoms with Crippen molar-refractivity contribution in [2.45, 2.75) is 26.2 Å². The van der Waals surface area contributed by atoms with Crippen LogP contribution in [0, 0.1) is 6.92 Å². The second-order valence-electron chi connectivity index (χ2n) is 7.79. The molecule has 0 radical (unpaired) electrons. The third-order valence-corrected chi connectivity index (χ3v) is 6.37. The molecule has 160 valence electrons. The van der Waals surface area contributed by atoms with Crippen LogP contribution in [0.15, 0.2) is 64.6 Å². The molecule has 0 atom stereocenters. The summed E-state index contributed by atoms with van der Waals surface area (Å²) in [6, 6.07) is 14.9. The molecule has 5 rings (SSSR count). The molecule has 2 aromatic heterocycles. The minimum absolute atomic E-state index is 0.209. The summed E-state index contributed by atoms with van der Waals surface area (Å²) in [6.07, 6.45) is 4.91. The zero-order valence-electron chi connectivity index (χ0n) is 17.5. The van der Waals surface area contributed by atoms with Gasteiger partial charge in [-0.2, -0.15) is 0 Å². The lowest BCUT2D eigenvalue weighted by Crippen LogP contribution is -2.15. The Balaban J connectivity index is 1.31. The highest BCUT2D eigenvalue weighted by Crippen LogP contribution is 2.30. The summed E-state index contributed by atoms with van der Waals surface area (Å²) in [7, 11) is 0. The summed E-state index contributed by atoms with van der Waals surface area (Å²) >= 11 is 1.39. The third kappa shape index (κ3) is 4.07. The van der Waals surface area contributed by atoms with Crippen LogP contribution in [0.3, 0.4) is 0 Å². The number of thiazole rings is 1. The predicted octanol–water partition coefficient (Wildman–Crippen LogP) is 5.70. The molecule has 6 nitrogen and oxygen atoms in total. The molecule has 0 aliphatic heterocycles. The van der Waals surface area contributed by atoms with E-state index in [1.54, 1.807) is 30.3 Å². The van der Waals surface area contributed by atoms with Crippen LogP contribution in [-0.2, 0) is 12.8 Å². The third-order valence-electron chi connectivity index (χ3n) is 5.61. The maximum absolute atomic E-state index is 12.8. The molecule has 32 heavy (non-hydrogen) atoms. The zero-order valence-corrected chi connectivity index (χ0v) is 18.3. The standard InChI is InChI=1S/C25H21N3O3S/c1-15-7-8-19(13-20(15)26-24(30)22-6-3-11-31-22)23(29)28-25-27-21(14-32-25)18-10-9-16-4-2-5-17(16)12-18/h3,6-14H,2,4-5H2,1H3,(H,26,30)(H,27,28,29). The molecule has 0 bridgehead atoms. The average Bonchev–Trinajstić information content (AvgIpc) is 3.56. The van der Waals surface area contributed by atoms with E-state index >= 15 is 0 Å². The van der Waals surface area contributed by atoms with Crippen LogP contribution in [0.4, 0.5) is 10.8 Å². The van der Waals surface area contributed by atoms with Crippen molar-refractivity contribution < 1.29 is 14.0 Å². The van der Waals surface area contributed by atoms with Crippen LogP contribution in [0.25, 0.3) is 11.3 Å². The molecular weight excluding hydrogens is 422 g/mol. The van der Waals surface area contributed by atoms with Gasteiger partial charge in [0, 0.05) is 22.2 Å². The highest BCUT2D eigenvalue weighted by Gasteiger charge is 2.16. The fourth-order valence-electron chi connectivity index (χ4n) is 3.85. The predicted molar refractivity (Wildman–Crippen MR) is 125 cm³/mol. The Bertz CT molecular complexity index is 1310. The lowest BCUT2D eigenvalue weighted by Gasteiger charge is -2.09. The molecule has 7 heteroatoms. The highest BCUT2D eigenvalue weighted by atomic mass is 32.1. The number of hydrogen-bond donors (Lipinski definition) is 2. The molecule has 0 saturated heterocycles. The molecule has 0 saturated carbocycles. The van der Waals surface area contributed by atoms with E-state index < -0.39 is 0 Å². The van der Waals surface area contributed by atoms with Gasteiger partial charge in [-0.1, -0.05) is 18.2 Å². The quantitative estimate of drug-likeness (QED) is 0.414. The second-order valence-corrected chi connectivity index (χ2v) is 8.65. The Hall–Kier alpha value is -3.71. The molecule has 0 fully saturated rings. The smallest absolute Gasteiger partial charge is 0.291 e. The number of anilines is 2. The molecule has 2 aromatic carbocycles. The normalized spacial score (nSPS) is 12.4. The van der Waals surface area contributed by atoms with Crippen LogP contribution in [0.1, 0.15) is 44.0 Å². The first-order chi connectivity index (χ1) is 15.6. The first kappa shape index (κ1) is 20.2. The average molecular weight is 444 g/mol. The summed E-state index contributed by atoms with van der Waals surface area (Å²) in [5.41, 5.74) is 6.57. The number of benzene rings is 2. The van der Waals surface area contributed by atoms with Crippen LogP contribution in [0.5, 0.6) is 0 Å². The first-order valence-corrected chi connectivity index (χ1v) is 11.3. The van der Waals surface area contributed by atoms with Gasteiger partial charge in [0.25, 0.3) is 11.8 Å². The Morgan fingerprint density at radius 3 is 2.72 bits per heavy atom. The Morgan fingerprint density at radius 2 is 1.88 bits per heavy atom. The molecule has 0 spiro atoms. The number of carbonyl (C=O) groups is 2. The molecule has 2 N–H and O–H groups in total. The number of aryl methyl sites for hydroxylation is 3. The fourth-order valence-corrected chi connectivity index (χ4v) is 4.57. The molecular formula is C25H21N3O3S. The Kier molecular flexibility index (Phi) is 5.33.